The Labute approximate surface area is 132 Å². The number of benzene rings is 2. The first-order chi connectivity index (χ1) is 10.2. The average molecular weight is 348 g/mol. The van der Waals surface area contributed by atoms with Crippen molar-refractivity contribution in [3.05, 3.63) is 52.0 Å². The van der Waals surface area contributed by atoms with Crippen LogP contribution in [0.2, 0.25) is 0 Å². The monoisotopic (exact) mass is 347 g/mol. The number of ether oxygens (including phenoxy) is 3. The molecule has 0 radical (unpaired) electrons. The minimum Gasteiger partial charge on any atom is -0.493 e. The Morgan fingerprint density at radius 1 is 1.05 bits per heavy atom. The van der Waals surface area contributed by atoms with E-state index in [1.54, 1.807) is 38.5 Å². The summed E-state index contributed by atoms with van der Waals surface area (Å²) < 4.78 is 17.1. The largest absolute Gasteiger partial charge is 0.493 e. The van der Waals surface area contributed by atoms with Crippen molar-refractivity contribution >= 4 is 15.9 Å². The van der Waals surface area contributed by atoms with Crippen LogP contribution in [-0.2, 0) is 6.61 Å². The van der Waals surface area contributed by atoms with Gasteiger partial charge in [0.25, 0.3) is 0 Å². The summed E-state index contributed by atoms with van der Waals surface area (Å²) >= 11 is 3.50. The summed E-state index contributed by atoms with van der Waals surface area (Å²) in [7, 11) is 3.19. The van der Waals surface area contributed by atoms with Gasteiger partial charge in [0, 0.05) is 5.56 Å². The molecule has 0 spiro atoms. The molecule has 2 aromatic carbocycles. The second-order valence-corrected chi connectivity index (χ2v) is 4.99. The van der Waals surface area contributed by atoms with E-state index in [9.17, 15) is 0 Å². The molecule has 21 heavy (non-hydrogen) atoms. The highest BCUT2D eigenvalue weighted by Crippen LogP contribution is 2.37. The maximum Gasteiger partial charge on any atom is 0.175 e. The predicted molar refractivity (Wildman–Crippen MR) is 82.7 cm³/mol. The Balaban J connectivity index is 2.14. The van der Waals surface area contributed by atoms with Crippen molar-refractivity contribution in [2.24, 2.45) is 0 Å². The molecule has 0 aliphatic rings. The van der Waals surface area contributed by atoms with Crippen molar-refractivity contribution in [2.75, 3.05) is 14.2 Å². The molecule has 2 aromatic rings. The highest BCUT2D eigenvalue weighted by atomic mass is 79.9. The normalized spacial score (nSPS) is 9.81. The summed E-state index contributed by atoms with van der Waals surface area (Å²) in [5, 5.41) is 8.76. The van der Waals surface area contributed by atoms with E-state index < -0.39 is 0 Å². The average Bonchev–Trinajstić information content (AvgIpc) is 2.53. The number of rotatable bonds is 5. The van der Waals surface area contributed by atoms with Gasteiger partial charge in [-0.15, -0.1) is 0 Å². The van der Waals surface area contributed by atoms with Gasteiger partial charge in [0.15, 0.2) is 11.5 Å². The first-order valence-electron chi connectivity index (χ1n) is 6.22. The number of nitriles is 1. The summed E-state index contributed by atoms with van der Waals surface area (Å²) in [5.41, 5.74) is 1.55. The summed E-state index contributed by atoms with van der Waals surface area (Å²) in [5.74, 6) is 2.00. The number of hydrogen-bond acceptors (Lipinski definition) is 4. The Kier molecular flexibility index (Phi) is 5.07. The van der Waals surface area contributed by atoms with Crippen LogP contribution in [0.25, 0.3) is 0 Å². The number of nitrogens with zero attached hydrogens (tertiary/aromatic N) is 1. The summed E-state index contributed by atoms with van der Waals surface area (Å²) in [6.07, 6.45) is 0. The lowest BCUT2D eigenvalue weighted by Crippen LogP contribution is -1.99. The van der Waals surface area contributed by atoms with Crippen molar-refractivity contribution < 1.29 is 14.2 Å². The fraction of sp³-hybridized carbons (Fsp3) is 0.188. The quantitative estimate of drug-likeness (QED) is 0.822. The zero-order valence-corrected chi connectivity index (χ0v) is 13.3. The van der Waals surface area contributed by atoms with Gasteiger partial charge in [0.05, 0.1) is 30.3 Å². The van der Waals surface area contributed by atoms with Crippen LogP contribution in [-0.4, -0.2) is 14.2 Å². The SMILES string of the molecule is COc1ccc(COc2ccc(C#N)cc2)c(Br)c1OC. The van der Waals surface area contributed by atoms with Gasteiger partial charge in [0.1, 0.15) is 12.4 Å². The highest BCUT2D eigenvalue weighted by molar-refractivity contribution is 9.10. The molecule has 0 N–H and O–H groups in total. The lowest BCUT2D eigenvalue weighted by Gasteiger charge is -2.13. The van der Waals surface area contributed by atoms with Crippen LogP contribution in [0.1, 0.15) is 11.1 Å². The van der Waals surface area contributed by atoms with Gasteiger partial charge in [-0.2, -0.15) is 5.26 Å². The van der Waals surface area contributed by atoms with Gasteiger partial charge in [-0.3, -0.25) is 0 Å². The lowest BCUT2D eigenvalue weighted by atomic mass is 10.2. The van der Waals surface area contributed by atoms with Crippen molar-refractivity contribution in [1.29, 1.82) is 5.26 Å². The standard InChI is InChI=1S/C16H14BrNO3/c1-19-14-8-5-12(15(17)16(14)20-2)10-21-13-6-3-11(9-18)4-7-13/h3-8H,10H2,1-2H3. The van der Waals surface area contributed by atoms with E-state index in [0.717, 1.165) is 10.0 Å². The van der Waals surface area contributed by atoms with Crippen LogP contribution in [0.15, 0.2) is 40.9 Å². The van der Waals surface area contributed by atoms with E-state index in [0.29, 0.717) is 29.4 Å². The van der Waals surface area contributed by atoms with Crippen LogP contribution in [0.4, 0.5) is 0 Å². The molecule has 0 fully saturated rings. The summed E-state index contributed by atoms with van der Waals surface area (Å²) in [4.78, 5) is 0. The molecule has 2 rings (SSSR count). The molecule has 4 nitrogen and oxygen atoms in total. The molecule has 0 heterocycles. The van der Waals surface area contributed by atoms with Gasteiger partial charge in [-0.05, 0) is 46.3 Å². The van der Waals surface area contributed by atoms with E-state index in [2.05, 4.69) is 22.0 Å². The third-order valence-corrected chi connectivity index (χ3v) is 3.81. The van der Waals surface area contributed by atoms with Crippen molar-refractivity contribution in [1.82, 2.24) is 0 Å². The number of halogens is 1. The van der Waals surface area contributed by atoms with E-state index >= 15 is 0 Å². The minimum absolute atomic E-state index is 0.382. The van der Waals surface area contributed by atoms with Gasteiger partial charge in [-0.1, -0.05) is 6.07 Å². The topological polar surface area (TPSA) is 51.5 Å². The molecule has 0 atom stereocenters. The van der Waals surface area contributed by atoms with Crippen LogP contribution >= 0.6 is 15.9 Å². The van der Waals surface area contributed by atoms with E-state index in [1.165, 1.54) is 0 Å². The second-order valence-electron chi connectivity index (χ2n) is 4.20. The molecule has 0 saturated heterocycles. The van der Waals surface area contributed by atoms with E-state index in [4.69, 9.17) is 19.5 Å². The van der Waals surface area contributed by atoms with Gasteiger partial charge < -0.3 is 14.2 Å². The van der Waals surface area contributed by atoms with Crippen LogP contribution < -0.4 is 14.2 Å². The molecule has 0 unspecified atom stereocenters. The second kappa shape index (κ2) is 7.00. The molecule has 108 valence electrons. The molecule has 0 aromatic heterocycles. The Morgan fingerprint density at radius 3 is 2.33 bits per heavy atom. The van der Waals surface area contributed by atoms with E-state index in [1.807, 2.05) is 12.1 Å². The van der Waals surface area contributed by atoms with E-state index in [-0.39, 0.29) is 0 Å². The van der Waals surface area contributed by atoms with Crippen LogP contribution in [0.3, 0.4) is 0 Å². The predicted octanol–water partition coefficient (Wildman–Crippen LogP) is 3.92. The van der Waals surface area contributed by atoms with Crippen molar-refractivity contribution in [3.63, 3.8) is 0 Å². The molecule has 0 aliphatic heterocycles. The highest BCUT2D eigenvalue weighted by Gasteiger charge is 2.13. The molecule has 0 saturated carbocycles. The fourth-order valence-corrected chi connectivity index (χ4v) is 2.43. The van der Waals surface area contributed by atoms with Crippen LogP contribution in [0.5, 0.6) is 17.2 Å². The minimum atomic E-state index is 0.382. The maximum atomic E-state index is 8.76. The van der Waals surface area contributed by atoms with Crippen molar-refractivity contribution in [3.8, 4) is 23.3 Å². The Bertz CT molecular complexity index is 662. The first-order valence-corrected chi connectivity index (χ1v) is 7.01. The summed E-state index contributed by atoms with van der Waals surface area (Å²) in [6.45, 7) is 0.382. The zero-order chi connectivity index (χ0) is 15.2. The van der Waals surface area contributed by atoms with Crippen molar-refractivity contribution in [2.45, 2.75) is 6.61 Å². The summed E-state index contributed by atoms with van der Waals surface area (Å²) in [6, 6.07) is 12.8. The molecule has 0 bridgehead atoms. The zero-order valence-electron chi connectivity index (χ0n) is 11.7. The smallest absolute Gasteiger partial charge is 0.175 e. The lowest BCUT2D eigenvalue weighted by molar-refractivity contribution is 0.302. The van der Waals surface area contributed by atoms with Crippen LogP contribution in [0, 0.1) is 11.3 Å². The molecular formula is C16H14BrNO3. The first kappa shape index (κ1) is 15.2. The maximum absolute atomic E-state index is 8.76. The molecular weight excluding hydrogens is 334 g/mol. The molecule has 5 heteroatoms. The fourth-order valence-electron chi connectivity index (χ4n) is 1.83. The third kappa shape index (κ3) is 3.47. The number of hydrogen-bond donors (Lipinski definition) is 0. The van der Waals surface area contributed by atoms with Gasteiger partial charge in [-0.25, -0.2) is 0 Å². The third-order valence-electron chi connectivity index (χ3n) is 2.94. The Morgan fingerprint density at radius 2 is 1.76 bits per heavy atom. The van der Waals surface area contributed by atoms with Gasteiger partial charge >= 0.3 is 0 Å². The molecule has 0 aliphatic carbocycles. The van der Waals surface area contributed by atoms with Gasteiger partial charge in [0.2, 0.25) is 0 Å². The number of methoxy groups -OCH3 is 2. The Hall–Kier alpha value is -2.19. The molecule has 0 amide bonds.